The Morgan fingerprint density at radius 3 is 2.39 bits per heavy atom. The second-order valence-electron chi connectivity index (χ2n) is 6.30. The monoisotopic (exact) mass is 378 g/mol. The van der Waals surface area contributed by atoms with Crippen molar-refractivity contribution in [3.8, 4) is 22.8 Å². The average molecular weight is 378 g/mol. The van der Waals surface area contributed by atoms with Gasteiger partial charge in [-0.3, -0.25) is 0 Å². The summed E-state index contributed by atoms with van der Waals surface area (Å²) in [6.07, 6.45) is 2.18. The molecule has 0 bridgehead atoms. The molecule has 1 heterocycles. The zero-order valence-electron chi connectivity index (χ0n) is 16.5. The van der Waals surface area contributed by atoms with Crippen molar-refractivity contribution < 1.29 is 9.47 Å². The van der Waals surface area contributed by atoms with Crippen LogP contribution in [0.4, 0.5) is 17.5 Å². The van der Waals surface area contributed by atoms with Crippen LogP contribution in [0.2, 0.25) is 0 Å². The number of unbranched alkanes of at least 4 members (excludes halogenated alkanes) is 1. The minimum Gasteiger partial charge on any atom is -0.493 e. The van der Waals surface area contributed by atoms with E-state index in [0.717, 1.165) is 36.3 Å². The maximum Gasteiger partial charge on any atom is 0.225 e. The lowest BCUT2D eigenvalue weighted by Crippen LogP contribution is -2.07. The van der Waals surface area contributed by atoms with Crippen LogP contribution in [-0.2, 0) is 0 Å². The zero-order valence-corrected chi connectivity index (χ0v) is 16.5. The largest absolute Gasteiger partial charge is 0.493 e. The number of ether oxygens (including phenoxy) is 2. The Morgan fingerprint density at radius 2 is 1.68 bits per heavy atom. The minimum atomic E-state index is 0.609. The van der Waals surface area contributed by atoms with E-state index in [1.807, 2.05) is 54.6 Å². The van der Waals surface area contributed by atoms with Crippen molar-refractivity contribution in [1.29, 1.82) is 0 Å². The Balaban J connectivity index is 1.91. The van der Waals surface area contributed by atoms with Crippen molar-refractivity contribution in [1.82, 2.24) is 9.97 Å². The van der Waals surface area contributed by atoms with Crippen LogP contribution < -0.4 is 20.1 Å². The molecule has 0 saturated carbocycles. The van der Waals surface area contributed by atoms with Gasteiger partial charge in [0.2, 0.25) is 5.95 Å². The van der Waals surface area contributed by atoms with Gasteiger partial charge in [-0.1, -0.05) is 43.7 Å². The van der Waals surface area contributed by atoms with E-state index in [1.54, 1.807) is 14.2 Å². The van der Waals surface area contributed by atoms with Crippen LogP contribution in [0.1, 0.15) is 19.8 Å². The summed E-state index contributed by atoms with van der Waals surface area (Å²) in [6, 6.07) is 17.7. The molecule has 0 aliphatic rings. The fraction of sp³-hybridized carbons (Fsp3) is 0.273. The molecule has 6 nitrogen and oxygen atoms in total. The lowest BCUT2D eigenvalue weighted by atomic mass is 10.1. The van der Waals surface area contributed by atoms with E-state index in [1.165, 1.54) is 0 Å². The van der Waals surface area contributed by atoms with E-state index < -0.39 is 0 Å². The third-order valence-corrected chi connectivity index (χ3v) is 4.27. The summed E-state index contributed by atoms with van der Waals surface area (Å²) in [4.78, 5) is 9.29. The molecule has 0 aliphatic carbocycles. The molecule has 28 heavy (non-hydrogen) atoms. The lowest BCUT2D eigenvalue weighted by Gasteiger charge is -2.13. The van der Waals surface area contributed by atoms with Gasteiger partial charge in [-0.15, -0.1) is 0 Å². The van der Waals surface area contributed by atoms with Gasteiger partial charge in [0, 0.05) is 29.9 Å². The van der Waals surface area contributed by atoms with Crippen molar-refractivity contribution in [3.63, 3.8) is 0 Å². The molecule has 2 N–H and O–H groups in total. The SMILES string of the molecule is CCCCNc1nc(Nc2ccc(OC)c(OC)c2)cc(-c2ccccc2)n1. The van der Waals surface area contributed by atoms with Gasteiger partial charge in [-0.2, -0.15) is 4.98 Å². The Bertz CT molecular complexity index is 900. The molecule has 0 unspecified atom stereocenters. The molecule has 3 aromatic rings. The first kappa shape index (κ1) is 19.5. The quantitative estimate of drug-likeness (QED) is 0.504. The van der Waals surface area contributed by atoms with Gasteiger partial charge in [0.15, 0.2) is 11.5 Å². The maximum absolute atomic E-state index is 5.39. The first-order valence-electron chi connectivity index (χ1n) is 9.41. The highest BCUT2D eigenvalue weighted by Crippen LogP contribution is 2.31. The second-order valence-corrected chi connectivity index (χ2v) is 6.30. The highest BCUT2D eigenvalue weighted by molar-refractivity contribution is 5.68. The average Bonchev–Trinajstić information content (AvgIpc) is 2.74. The highest BCUT2D eigenvalue weighted by atomic mass is 16.5. The number of anilines is 3. The van der Waals surface area contributed by atoms with Crippen LogP contribution in [-0.4, -0.2) is 30.7 Å². The number of nitrogens with one attached hydrogen (secondary N) is 2. The number of rotatable bonds is 9. The van der Waals surface area contributed by atoms with Crippen LogP contribution in [0.5, 0.6) is 11.5 Å². The van der Waals surface area contributed by atoms with Gasteiger partial charge < -0.3 is 20.1 Å². The van der Waals surface area contributed by atoms with E-state index in [-0.39, 0.29) is 0 Å². The molecule has 0 atom stereocenters. The molecular weight excluding hydrogens is 352 g/mol. The third-order valence-electron chi connectivity index (χ3n) is 4.27. The smallest absolute Gasteiger partial charge is 0.225 e. The molecule has 2 aromatic carbocycles. The lowest BCUT2D eigenvalue weighted by molar-refractivity contribution is 0.355. The molecular formula is C22H26N4O2. The Kier molecular flexibility index (Phi) is 6.68. The van der Waals surface area contributed by atoms with Crippen LogP contribution in [0, 0.1) is 0 Å². The van der Waals surface area contributed by atoms with Gasteiger partial charge in [0.25, 0.3) is 0 Å². The topological polar surface area (TPSA) is 68.3 Å². The molecule has 0 fully saturated rings. The summed E-state index contributed by atoms with van der Waals surface area (Å²) < 4.78 is 10.7. The predicted molar refractivity (Wildman–Crippen MR) is 114 cm³/mol. The summed E-state index contributed by atoms with van der Waals surface area (Å²) >= 11 is 0. The zero-order chi connectivity index (χ0) is 19.8. The van der Waals surface area contributed by atoms with Crippen molar-refractivity contribution in [2.24, 2.45) is 0 Å². The minimum absolute atomic E-state index is 0.609. The number of aromatic nitrogens is 2. The highest BCUT2D eigenvalue weighted by Gasteiger charge is 2.09. The van der Waals surface area contributed by atoms with Crippen LogP contribution >= 0.6 is 0 Å². The van der Waals surface area contributed by atoms with E-state index in [2.05, 4.69) is 27.5 Å². The van der Waals surface area contributed by atoms with Gasteiger partial charge in [0.1, 0.15) is 5.82 Å². The molecule has 0 amide bonds. The van der Waals surface area contributed by atoms with Gasteiger partial charge >= 0.3 is 0 Å². The summed E-state index contributed by atoms with van der Waals surface area (Å²) in [7, 11) is 3.24. The van der Waals surface area contributed by atoms with E-state index >= 15 is 0 Å². The van der Waals surface area contributed by atoms with Crippen molar-refractivity contribution >= 4 is 17.5 Å². The Labute approximate surface area is 166 Å². The first-order valence-corrected chi connectivity index (χ1v) is 9.41. The number of hydrogen-bond donors (Lipinski definition) is 2. The maximum atomic E-state index is 5.39. The standard InChI is InChI=1S/C22H26N4O2/c1-4-5-13-23-22-25-18(16-9-7-6-8-10-16)15-21(26-22)24-17-11-12-19(27-2)20(14-17)28-3/h6-12,14-15H,4-5,13H2,1-3H3,(H2,23,24,25,26). The molecule has 1 aromatic heterocycles. The van der Waals surface area contributed by atoms with Crippen molar-refractivity contribution in [3.05, 3.63) is 54.6 Å². The van der Waals surface area contributed by atoms with Gasteiger partial charge in [-0.25, -0.2) is 4.98 Å². The molecule has 0 spiro atoms. The van der Waals surface area contributed by atoms with Crippen molar-refractivity contribution in [2.45, 2.75) is 19.8 Å². The van der Waals surface area contributed by atoms with Crippen LogP contribution in [0.25, 0.3) is 11.3 Å². The number of benzene rings is 2. The molecule has 0 saturated heterocycles. The van der Waals surface area contributed by atoms with E-state index in [0.29, 0.717) is 23.3 Å². The molecule has 6 heteroatoms. The Morgan fingerprint density at radius 1 is 0.893 bits per heavy atom. The van der Waals surface area contributed by atoms with E-state index in [9.17, 15) is 0 Å². The first-order chi connectivity index (χ1) is 13.7. The van der Waals surface area contributed by atoms with Gasteiger partial charge in [0.05, 0.1) is 19.9 Å². The number of nitrogens with zero attached hydrogens (tertiary/aromatic N) is 2. The third kappa shape index (κ3) is 4.91. The van der Waals surface area contributed by atoms with Gasteiger partial charge in [-0.05, 0) is 18.6 Å². The van der Waals surface area contributed by atoms with Crippen LogP contribution in [0.15, 0.2) is 54.6 Å². The normalized spacial score (nSPS) is 10.4. The fourth-order valence-corrected chi connectivity index (χ4v) is 2.79. The molecule has 3 rings (SSSR count). The summed E-state index contributed by atoms with van der Waals surface area (Å²) in [5.74, 6) is 2.66. The fourth-order valence-electron chi connectivity index (χ4n) is 2.79. The number of methoxy groups -OCH3 is 2. The van der Waals surface area contributed by atoms with Crippen molar-refractivity contribution in [2.75, 3.05) is 31.4 Å². The molecule has 0 radical (unpaired) electrons. The predicted octanol–water partition coefficient (Wildman–Crippen LogP) is 5.12. The second kappa shape index (κ2) is 9.60. The van der Waals surface area contributed by atoms with E-state index in [4.69, 9.17) is 9.47 Å². The van der Waals surface area contributed by atoms with Crippen LogP contribution in [0.3, 0.4) is 0 Å². The molecule has 146 valence electrons. The summed E-state index contributed by atoms with van der Waals surface area (Å²) in [6.45, 7) is 3.00. The number of hydrogen-bond acceptors (Lipinski definition) is 6. The summed E-state index contributed by atoms with van der Waals surface area (Å²) in [5, 5.41) is 6.66. The molecule has 0 aliphatic heterocycles. The Hall–Kier alpha value is -3.28. The summed E-state index contributed by atoms with van der Waals surface area (Å²) in [5.41, 5.74) is 2.76.